The number of nitrogens with two attached hydrogens (primary N) is 1. The van der Waals surface area contributed by atoms with Crippen LogP contribution in [0.3, 0.4) is 0 Å². The number of hydrogen-bond donors (Lipinski definition) is 3. The molecule has 3 atom stereocenters. The lowest BCUT2D eigenvalue weighted by molar-refractivity contribution is -0.161. The van der Waals surface area contributed by atoms with Crippen LogP contribution in [0.25, 0.3) is 0 Å². The molecule has 0 saturated heterocycles. The number of phosphoric acid groups is 1. The Balaban J connectivity index is 4.55. The molecule has 0 radical (unpaired) electrons. The Morgan fingerprint density at radius 3 is 1.60 bits per heavy atom. The van der Waals surface area contributed by atoms with Crippen LogP contribution < -0.4 is 5.73 Å². The summed E-state index contributed by atoms with van der Waals surface area (Å²) in [7, 11) is -4.73. The van der Waals surface area contributed by atoms with Gasteiger partial charge in [-0.3, -0.25) is 23.4 Å². The van der Waals surface area contributed by atoms with Crippen molar-refractivity contribution in [2.24, 2.45) is 5.73 Å². The van der Waals surface area contributed by atoms with Crippen molar-refractivity contribution in [1.29, 1.82) is 0 Å². The standard InChI is InChI=1S/C40H68NO10P/c1-3-5-7-9-11-13-15-16-17-18-19-20-22-24-26-28-30-32-39(43)51-36(34-49-52(46,47)50-35-37(41)40(44)45)33-48-38(42)31-29-27-25-23-21-14-12-10-8-6-4-2/h5,7,11,13,16-17,19-20,24,26,36-37H,3-4,6,8-10,12,14-15,18,21-23,25,27-35,41H2,1-2H3,(H,44,45)(H,46,47)/b7-5-,13-11-,17-16-,20-19-,26-24-/t36-,37+/m1/s1. The van der Waals surface area contributed by atoms with Gasteiger partial charge in [0.15, 0.2) is 6.10 Å². The summed E-state index contributed by atoms with van der Waals surface area (Å²) in [5.74, 6) is -2.46. The van der Waals surface area contributed by atoms with Crippen molar-refractivity contribution in [2.45, 2.75) is 154 Å². The molecule has 0 spiro atoms. The third-order valence-electron chi connectivity index (χ3n) is 7.78. The number of phosphoric ester groups is 1. The summed E-state index contributed by atoms with van der Waals surface area (Å²) < 4.78 is 32.5. The van der Waals surface area contributed by atoms with Crippen LogP contribution in [-0.4, -0.2) is 59.9 Å². The van der Waals surface area contributed by atoms with Gasteiger partial charge in [0.25, 0.3) is 0 Å². The van der Waals surface area contributed by atoms with Crippen molar-refractivity contribution in [3.8, 4) is 0 Å². The Hall–Kier alpha value is -2.82. The first-order valence-electron chi connectivity index (χ1n) is 19.3. The normalized spacial score (nSPS) is 14.5. The lowest BCUT2D eigenvalue weighted by Crippen LogP contribution is -2.34. The molecule has 0 saturated carbocycles. The fourth-order valence-electron chi connectivity index (χ4n) is 4.75. The number of esters is 2. The number of unbranched alkanes of at least 4 members (excludes halogenated alkanes) is 11. The van der Waals surface area contributed by atoms with E-state index < -0.39 is 51.1 Å². The summed E-state index contributed by atoms with van der Waals surface area (Å²) >= 11 is 0. The second-order valence-corrected chi connectivity index (χ2v) is 14.1. The van der Waals surface area contributed by atoms with Gasteiger partial charge in [0.2, 0.25) is 0 Å². The summed E-state index contributed by atoms with van der Waals surface area (Å²) in [6, 6.07) is -1.53. The van der Waals surface area contributed by atoms with E-state index in [4.69, 9.17) is 24.8 Å². The van der Waals surface area contributed by atoms with Crippen LogP contribution in [0, 0.1) is 0 Å². The molecule has 12 heteroatoms. The fourth-order valence-corrected chi connectivity index (χ4v) is 5.52. The molecular formula is C40H68NO10P. The van der Waals surface area contributed by atoms with Crippen LogP contribution in [0.15, 0.2) is 60.8 Å². The van der Waals surface area contributed by atoms with Crippen molar-refractivity contribution >= 4 is 25.7 Å². The first-order chi connectivity index (χ1) is 25.1. The highest BCUT2D eigenvalue weighted by atomic mass is 31.2. The van der Waals surface area contributed by atoms with Crippen LogP contribution in [-0.2, 0) is 37.5 Å². The first-order valence-corrected chi connectivity index (χ1v) is 20.8. The summed E-state index contributed by atoms with van der Waals surface area (Å²) in [6.45, 7) is 2.59. The lowest BCUT2D eigenvalue weighted by Gasteiger charge is -2.20. The van der Waals surface area contributed by atoms with Gasteiger partial charge in [0.05, 0.1) is 13.2 Å². The number of rotatable bonds is 35. The zero-order valence-electron chi connectivity index (χ0n) is 31.9. The number of allylic oxidation sites excluding steroid dienone is 10. The maximum absolute atomic E-state index is 12.5. The van der Waals surface area contributed by atoms with E-state index in [-0.39, 0.29) is 19.4 Å². The highest BCUT2D eigenvalue weighted by Crippen LogP contribution is 2.43. The Kier molecular flexibility index (Phi) is 33.3. The van der Waals surface area contributed by atoms with Crippen LogP contribution in [0.2, 0.25) is 0 Å². The highest BCUT2D eigenvalue weighted by molar-refractivity contribution is 7.47. The van der Waals surface area contributed by atoms with E-state index in [9.17, 15) is 23.8 Å². The number of carbonyl (C=O) groups excluding carboxylic acids is 2. The third kappa shape index (κ3) is 34.3. The zero-order valence-corrected chi connectivity index (χ0v) is 32.8. The molecule has 0 fully saturated rings. The molecule has 0 aliphatic carbocycles. The molecular weight excluding hydrogens is 685 g/mol. The lowest BCUT2D eigenvalue weighted by atomic mass is 10.1. The van der Waals surface area contributed by atoms with Crippen LogP contribution >= 0.6 is 7.82 Å². The number of aliphatic carboxylic acids is 1. The van der Waals surface area contributed by atoms with E-state index in [1.165, 1.54) is 44.9 Å². The second kappa shape index (κ2) is 35.2. The Morgan fingerprint density at radius 1 is 0.615 bits per heavy atom. The Labute approximate surface area is 313 Å². The van der Waals surface area contributed by atoms with Gasteiger partial charge in [-0.05, 0) is 51.4 Å². The summed E-state index contributed by atoms with van der Waals surface area (Å²) in [5, 5.41) is 8.86. The summed E-state index contributed by atoms with van der Waals surface area (Å²) in [4.78, 5) is 45.7. The molecule has 1 unspecified atom stereocenters. The van der Waals surface area contributed by atoms with Crippen molar-refractivity contribution in [1.82, 2.24) is 0 Å². The quantitative estimate of drug-likeness (QED) is 0.0244. The van der Waals surface area contributed by atoms with Gasteiger partial charge < -0.3 is 25.2 Å². The highest BCUT2D eigenvalue weighted by Gasteiger charge is 2.28. The maximum Gasteiger partial charge on any atom is 0.472 e. The maximum atomic E-state index is 12.5. The SMILES string of the molecule is CC/C=C\C/C=C\C/C=C\C/C=C\C/C=C\CCCC(=O)O[C@H](COC(=O)CCCCCCCCCCCCC)COP(=O)(O)OC[C@H](N)C(=O)O. The number of ether oxygens (including phenoxy) is 2. The van der Waals surface area contributed by atoms with Crippen LogP contribution in [0.4, 0.5) is 0 Å². The zero-order chi connectivity index (χ0) is 38.5. The largest absolute Gasteiger partial charge is 0.480 e. The average molecular weight is 754 g/mol. The number of hydrogen-bond acceptors (Lipinski definition) is 9. The number of carbonyl (C=O) groups is 3. The Morgan fingerprint density at radius 2 is 1.08 bits per heavy atom. The van der Waals surface area contributed by atoms with Gasteiger partial charge >= 0.3 is 25.7 Å². The molecule has 11 nitrogen and oxygen atoms in total. The molecule has 0 rings (SSSR count). The van der Waals surface area contributed by atoms with Crippen molar-refractivity contribution in [3.05, 3.63) is 60.8 Å². The van der Waals surface area contributed by atoms with E-state index in [0.29, 0.717) is 19.3 Å². The minimum Gasteiger partial charge on any atom is -0.480 e. The molecule has 0 aromatic carbocycles. The van der Waals surface area contributed by atoms with E-state index in [2.05, 4.69) is 67.0 Å². The molecule has 0 aromatic heterocycles. The third-order valence-corrected chi connectivity index (χ3v) is 8.73. The molecule has 0 heterocycles. The van der Waals surface area contributed by atoms with E-state index >= 15 is 0 Å². The van der Waals surface area contributed by atoms with Crippen LogP contribution in [0.1, 0.15) is 142 Å². The predicted molar refractivity (Wildman–Crippen MR) is 208 cm³/mol. The monoisotopic (exact) mass is 753 g/mol. The van der Waals surface area contributed by atoms with Gasteiger partial charge in [0.1, 0.15) is 12.6 Å². The molecule has 4 N–H and O–H groups in total. The minimum absolute atomic E-state index is 0.0816. The molecule has 0 aliphatic heterocycles. The van der Waals surface area contributed by atoms with Gasteiger partial charge in [-0.1, -0.05) is 139 Å². The van der Waals surface area contributed by atoms with Crippen molar-refractivity contribution in [3.63, 3.8) is 0 Å². The average Bonchev–Trinajstić information content (AvgIpc) is 3.12. The van der Waals surface area contributed by atoms with E-state index in [1.807, 2.05) is 12.2 Å². The smallest absolute Gasteiger partial charge is 0.472 e. The number of carboxylic acid groups (broad SMARTS) is 1. The van der Waals surface area contributed by atoms with Crippen LogP contribution in [0.5, 0.6) is 0 Å². The molecule has 0 bridgehead atoms. The fraction of sp³-hybridized carbons (Fsp3) is 0.675. The summed E-state index contributed by atoms with van der Waals surface area (Å²) in [6.07, 6.45) is 38.7. The van der Waals surface area contributed by atoms with Crippen molar-refractivity contribution in [2.75, 3.05) is 19.8 Å². The minimum atomic E-state index is -4.73. The van der Waals surface area contributed by atoms with Gasteiger partial charge in [-0.2, -0.15) is 0 Å². The molecule has 0 aliphatic rings. The topological polar surface area (TPSA) is 172 Å². The predicted octanol–water partition coefficient (Wildman–Crippen LogP) is 9.61. The van der Waals surface area contributed by atoms with Gasteiger partial charge in [0, 0.05) is 12.8 Å². The van der Waals surface area contributed by atoms with E-state index in [1.54, 1.807) is 0 Å². The molecule has 52 heavy (non-hydrogen) atoms. The van der Waals surface area contributed by atoms with Gasteiger partial charge in [-0.25, -0.2) is 4.57 Å². The van der Waals surface area contributed by atoms with Gasteiger partial charge in [-0.15, -0.1) is 0 Å². The first kappa shape index (κ1) is 49.2. The summed E-state index contributed by atoms with van der Waals surface area (Å²) in [5.41, 5.74) is 5.31. The second-order valence-electron chi connectivity index (χ2n) is 12.7. The number of carboxylic acids is 1. The molecule has 0 amide bonds. The molecule has 298 valence electrons. The van der Waals surface area contributed by atoms with E-state index in [0.717, 1.165) is 51.4 Å². The van der Waals surface area contributed by atoms with Crippen molar-refractivity contribution < 1.29 is 47.5 Å². The Bertz CT molecular complexity index is 1120. The molecule has 0 aromatic rings.